The van der Waals surface area contributed by atoms with Crippen molar-refractivity contribution in [3.05, 3.63) is 50.6 Å². The quantitative estimate of drug-likeness (QED) is 0.303. The number of nitrogens with zero attached hydrogens (tertiary/aromatic N) is 3. The molecule has 0 saturated carbocycles. The van der Waals surface area contributed by atoms with Crippen LogP contribution in [0.1, 0.15) is 31.4 Å². The van der Waals surface area contributed by atoms with Crippen LogP contribution >= 0.6 is 39.0 Å². The number of thioether (sulfide) groups is 1. The lowest BCUT2D eigenvalue weighted by atomic mass is 10.1. The van der Waals surface area contributed by atoms with Gasteiger partial charge in [0.1, 0.15) is 22.2 Å². The van der Waals surface area contributed by atoms with Crippen LogP contribution in [0.3, 0.4) is 0 Å². The van der Waals surface area contributed by atoms with Crippen LogP contribution < -0.4 is 10.1 Å². The number of methoxy groups -OCH3 is 2. The van der Waals surface area contributed by atoms with E-state index in [1.807, 2.05) is 24.3 Å². The highest BCUT2D eigenvalue weighted by atomic mass is 79.9. The van der Waals surface area contributed by atoms with Crippen LogP contribution in [0, 0.1) is 6.92 Å². The Balaban J connectivity index is 1.64. The minimum atomic E-state index is -0.657. The second kappa shape index (κ2) is 11.5. The van der Waals surface area contributed by atoms with Crippen molar-refractivity contribution in [2.45, 2.75) is 18.7 Å². The van der Waals surface area contributed by atoms with Gasteiger partial charge in [-0.1, -0.05) is 27.7 Å². The van der Waals surface area contributed by atoms with Gasteiger partial charge in [0.15, 0.2) is 11.0 Å². The zero-order valence-electron chi connectivity index (χ0n) is 18.7. The van der Waals surface area contributed by atoms with E-state index < -0.39 is 11.9 Å². The Morgan fingerprint density at radius 2 is 1.79 bits per heavy atom. The smallest absolute Gasteiger partial charge is 0.348 e. The molecule has 0 saturated heterocycles. The Hall–Kier alpha value is -2.90. The number of hydrogen-bond donors (Lipinski definition) is 1. The highest BCUT2D eigenvalue weighted by molar-refractivity contribution is 9.10. The van der Waals surface area contributed by atoms with Crippen molar-refractivity contribution in [3.63, 3.8) is 0 Å². The maximum Gasteiger partial charge on any atom is 0.348 e. The molecule has 0 aliphatic heterocycles. The lowest BCUT2D eigenvalue weighted by molar-refractivity contribution is -0.113. The maximum atomic E-state index is 12.6. The van der Waals surface area contributed by atoms with Crippen LogP contribution in [0.15, 0.2) is 33.9 Å². The van der Waals surface area contributed by atoms with Crippen molar-refractivity contribution in [2.24, 2.45) is 7.05 Å². The van der Waals surface area contributed by atoms with E-state index in [9.17, 15) is 14.4 Å². The molecule has 0 bridgehead atoms. The summed E-state index contributed by atoms with van der Waals surface area (Å²) < 4.78 is 18.0. The predicted molar refractivity (Wildman–Crippen MR) is 131 cm³/mol. The number of aromatic nitrogens is 3. The van der Waals surface area contributed by atoms with E-state index in [2.05, 4.69) is 31.4 Å². The van der Waals surface area contributed by atoms with Gasteiger partial charge in [0.25, 0.3) is 0 Å². The average molecular weight is 569 g/mol. The molecule has 1 amide bonds. The lowest BCUT2D eigenvalue weighted by Gasteiger charge is -2.07. The summed E-state index contributed by atoms with van der Waals surface area (Å²) in [6.45, 7) is 1.81. The summed E-state index contributed by atoms with van der Waals surface area (Å²) in [6.07, 6.45) is 0. The van der Waals surface area contributed by atoms with Gasteiger partial charge in [0, 0.05) is 11.5 Å². The number of ether oxygens (including phenoxy) is 3. The number of amides is 1. The Morgan fingerprint density at radius 1 is 1.12 bits per heavy atom. The first-order valence-electron chi connectivity index (χ1n) is 9.74. The fourth-order valence-electron chi connectivity index (χ4n) is 2.80. The highest BCUT2D eigenvalue weighted by Crippen LogP contribution is 2.34. The van der Waals surface area contributed by atoms with Crippen LogP contribution in [-0.2, 0) is 27.9 Å². The third-order valence-corrected chi connectivity index (χ3v) is 7.34. The van der Waals surface area contributed by atoms with Crippen molar-refractivity contribution in [2.75, 3.05) is 25.3 Å². The zero-order chi connectivity index (χ0) is 24.8. The van der Waals surface area contributed by atoms with Gasteiger partial charge in [-0.2, -0.15) is 0 Å². The molecule has 1 N–H and O–H groups in total. The van der Waals surface area contributed by atoms with Crippen molar-refractivity contribution in [3.8, 4) is 5.75 Å². The lowest BCUT2D eigenvalue weighted by Crippen LogP contribution is -2.16. The second-order valence-corrected chi connectivity index (χ2v) is 9.66. The van der Waals surface area contributed by atoms with E-state index in [1.165, 1.54) is 26.0 Å². The second-order valence-electron chi connectivity index (χ2n) is 6.78. The highest BCUT2D eigenvalue weighted by Gasteiger charge is 2.27. The van der Waals surface area contributed by atoms with Gasteiger partial charge in [-0.25, -0.2) is 9.59 Å². The maximum absolute atomic E-state index is 12.6. The van der Waals surface area contributed by atoms with Crippen LogP contribution in [0.5, 0.6) is 5.75 Å². The van der Waals surface area contributed by atoms with Crippen molar-refractivity contribution >= 4 is 61.9 Å². The molecule has 0 radical (unpaired) electrons. The number of thiophene rings is 1. The van der Waals surface area contributed by atoms with E-state index in [-0.39, 0.29) is 33.7 Å². The number of hydrogen-bond acceptors (Lipinski definition) is 10. The van der Waals surface area contributed by atoms with Crippen molar-refractivity contribution in [1.29, 1.82) is 0 Å². The number of carbonyl (C=O) groups is 3. The van der Waals surface area contributed by atoms with Gasteiger partial charge in [-0.3, -0.25) is 4.79 Å². The number of anilines is 1. The molecule has 13 heteroatoms. The Bertz CT molecular complexity index is 1210. The monoisotopic (exact) mass is 568 g/mol. The fourth-order valence-corrected chi connectivity index (χ4v) is 4.93. The summed E-state index contributed by atoms with van der Waals surface area (Å²) >= 11 is 5.50. The number of halogens is 1. The molecule has 0 aliphatic carbocycles. The summed E-state index contributed by atoms with van der Waals surface area (Å²) in [4.78, 5) is 37.0. The van der Waals surface area contributed by atoms with Crippen LogP contribution in [-0.4, -0.2) is 52.6 Å². The fraction of sp³-hybridized carbons (Fsp3) is 0.286. The standard InChI is InChI=1S/C21H21BrN4O6S2/c1-11-16(19(28)30-3)18(34-17(11)20(29)31-4)23-15(27)10-33-21-25-24-14(26(21)2)9-32-13-7-5-12(22)6-8-13/h5-8H,9-10H2,1-4H3,(H,23,27). The zero-order valence-corrected chi connectivity index (χ0v) is 21.9. The van der Waals surface area contributed by atoms with Crippen LogP contribution in [0.25, 0.3) is 0 Å². The SMILES string of the molecule is COC(=O)c1sc(NC(=O)CSc2nnc(COc3ccc(Br)cc3)n2C)c(C(=O)OC)c1C. The molecular formula is C21H21BrN4O6S2. The van der Waals surface area contributed by atoms with Gasteiger partial charge in [-0.05, 0) is 36.8 Å². The third-order valence-electron chi connectivity index (χ3n) is 4.60. The first-order chi connectivity index (χ1) is 16.2. The summed E-state index contributed by atoms with van der Waals surface area (Å²) in [5, 5.41) is 11.6. The molecule has 0 spiro atoms. The minimum Gasteiger partial charge on any atom is -0.486 e. The van der Waals surface area contributed by atoms with Gasteiger partial charge in [0.2, 0.25) is 5.91 Å². The molecule has 34 heavy (non-hydrogen) atoms. The number of carbonyl (C=O) groups excluding carboxylic acids is 3. The molecule has 0 fully saturated rings. The molecule has 10 nitrogen and oxygen atoms in total. The van der Waals surface area contributed by atoms with Gasteiger partial charge in [-0.15, -0.1) is 21.5 Å². The molecule has 3 aromatic rings. The van der Waals surface area contributed by atoms with E-state index in [1.54, 1.807) is 18.5 Å². The Labute approximate surface area is 212 Å². The molecule has 3 rings (SSSR count). The van der Waals surface area contributed by atoms with Gasteiger partial charge in [0.05, 0.1) is 25.5 Å². The number of nitrogens with one attached hydrogen (secondary N) is 1. The number of rotatable bonds is 9. The molecule has 180 valence electrons. The van der Waals surface area contributed by atoms with E-state index in [4.69, 9.17) is 14.2 Å². The summed E-state index contributed by atoms with van der Waals surface area (Å²) in [5.74, 6) is -0.349. The first-order valence-corrected chi connectivity index (χ1v) is 12.3. The summed E-state index contributed by atoms with van der Waals surface area (Å²) in [6, 6.07) is 7.42. The van der Waals surface area contributed by atoms with Gasteiger partial charge < -0.3 is 24.1 Å². The Kier molecular flexibility index (Phi) is 8.69. The summed E-state index contributed by atoms with van der Waals surface area (Å²) in [5.41, 5.74) is 0.507. The molecule has 1 aromatic carbocycles. The molecular weight excluding hydrogens is 548 g/mol. The van der Waals surface area contributed by atoms with E-state index in [0.717, 1.165) is 15.8 Å². The van der Waals surface area contributed by atoms with Crippen LogP contribution in [0.4, 0.5) is 5.00 Å². The first kappa shape index (κ1) is 25.7. The van der Waals surface area contributed by atoms with E-state index in [0.29, 0.717) is 22.3 Å². The molecule has 0 atom stereocenters. The molecule has 0 aliphatic rings. The normalized spacial score (nSPS) is 10.6. The largest absolute Gasteiger partial charge is 0.486 e. The van der Waals surface area contributed by atoms with Gasteiger partial charge >= 0.3 is 11.9 Å². The average Bonchev–Trinajstić information content (AvgIpc) is 3.35. The van der Waals surface area contributed by atoms with Crippen LogP contribution in [0.2, 0.25) is 0 Å². The number of benzene rings is 1. The van der Waals surface area contributed by atoms with E-state index >= 15 is 0 Å². The minimum absolute atomic E-state index is 0.00462. The molecule has 2 aromatic heterocycles. The third kappa shape index (κ3) is 5.96. The number of esters is 2. The summed E-state index contributed by atoms with van der Waals surface area (Å²) in [7, 11) is 4.25. The molecule has 0 unspecified atom stereocenters. The van der Waals surface area contributed by atoms with Crippen molar-refractivity contribution < 1.29 is 28.6 Å². The predicted octanol–water partition coefficient (Wildman–Crippen LogP) is 3.83. The van der Waals surface area contributed by atoms with Crippen molar-refractivity contribution in [1.82, 2.24) is 14.8 Å². The molecule has 2 heterocycles. The topological polar surface area (TPSA) is 122 Å². The Morgan fingerprint density at radius 3 is 2.44 bits per heavy atom.